The van der Waals surface area contributed by atoms with Crippen LogP contribution >= 0.6 is 0 Å². The van der Waals surface area contributed by atoms with E-state index in [1.54, 1.807) is 0 Å². The van der Waals surface area contributed by atoms with Crippen LogP contribution in [0.5, 0.6) is 0 Å². The van der Waals surface area contributed by atoms with Crippen LogP contribution in [0.1, 0.15) is 61.3 Å². The fourth-order valence-corrected chi connectivity index (χ4v) is 4.26. The molecular formula is C19H39N3. The van der Waals surface area contributed by atoms with Crippen LogP contribution in [-0.2, 0) is 0 Å². The van der Waals surface area contributed by atoms with Gasteiger partial charge in [0.2, 0.25) is 0 Å². The van der Waals surface area contributed by atoms with Gasteiger partial charge in [0, 0.05) is 43.3 Å². The maximum Gasteiger partial charge on any atom is 0.0198 e. The lowest BCUT2D eigenvalue weighted by Gasteiger charge is -2.48. The SMILES string of the molecule is CC(C)N1C[C@H](C)N(CC2CCN(C(C)(C)C)CC2)[C@@H](C)C1. The molecule has 0 amide bonds. The smallest absolute Gasteiger partial charge is 0.0198 e. The summed E-state index contributed by atoms with van der Waals surface area (Å²) in [4.78, 5) is 8.09. The van der Waals surface area contributed by atoms with Gasteiger partial charge >= 0.3 is 0 Å². The molecule has 2 saturated heterocycles. The largest absolute Gasteiger partial charge is 0.298 e. The third-order valence-corrected chi connectivity index (χ3v) is 5.89. The van der Waals surface area contributed by atoms with Crippen LogP contribution in [0.3, 0.4) is 0 Å². The molecule has 0 saturated carbocycles. The topological polar surface area (TPSA) is 9.72 Å². The summed E-state index contributed by atoms with van der Waals surface area (Å²) in [6.07, 6.45) is 2.75. The van der Waals surface area contributed by atoms with Gasteiger partial charge in [0.05, 0.1) is 0 Å². The van der Waals surface area contributed by atoms with E-state index in [9.17, 15) is 0 Å². The molecule has 0 N–H and O–H groups in total. The van der Waals surface area contributed by atoms with Crippen LogP contribution in [0.4, 0.5) is 0 Å². The predicted molar refractivity (Wildman–Crippen MR) is 96.4 cm³/mol. The fraction of sp³-hybridized carbons (Fsp3) is 1.00. The summed E-state index contributed by atoms with van der Waals surface area (Å²) >= 11 is 0. The Labute approximate surface area is 139 Å². The van der Waals surface area contributed by atoms with E-state index in [0.29, 0.717) is 23.7 Å². The number of nitrogens with zero attached hydrogens (tertiary/aromatic N) is 3. The quantitative estimate of drug-likeness (QED) is 0.792. The molecule has 0 aromatic heterocycles. The number of hydrogen-bond acceptors (Lipinski definition) is 3. The van der Waals surface area contributed by atoms with E-state index in [4.69, 9.17) is 0 Å². The van der Waals surface area contributed by atoms with Crippen molar-refractivity contribution in [1.82, 2.24) is 14.7 Å². The number of hydrogen-bond donors (Lipinski definition) is 0. The van der Waals surface area contributed by atoms with Gasteiger partial charge in [-0.05, 0) is 80.3 Å². The van der Waals surface area contributed by atoms with Crippen molar-refractivity contribution in [2.24, 2.45) is 5.92 Å². The third-order valence-electron chi connectivity index (χ3n) is 5.89. The first-order valence-corrected chi connectivity index (χ1v) is 9.43. The van der Waals surface area contributed by atoms with E-state index in [-0.39, 0.29) is 0 Å². The fourth-order valence-electron chi connectivity index (χ4n) is 4.26. The second-order valence-corrected chi connectivity index (χ2v) is 9.04. The normalized spacial score (nSPS) is 31.1. The Hall–Kier alpha value is -0.120. The van der Waals surface area contributed by atoms with Crippen LogP contribution < -0.4 is 0 Å². The Kier molecular flexibility index (Phi) is 5.95. The number of likely N-dealkylation sites (tertiary alicyclic amines) is 1. The maximum absolute atomic E-state index is 2.79. The lowest BCUT2D eigenvalue weighted by atomic mass is 9.91. The van der Waals surface area contributed by atoms with Crippen molar-refractivity contribution < 1.29 is 0 Å². The molecule has 2 atom stereocenters. The molecule has 2 fully saturated rings. The molecule has 0 unspecified atom stereocenters. The van der Waals surface area contributed by atoms with E-state index in [1.807, 2.05) is 0 Å². The molecule has 0 spiro atoms. The highest BCUT2D eigenvalue weighted by Gasteiger charge is 2.33. The Morgan fingerprint density at radius 2 is 1.45 bits per heavy atom. The predicted octanol–water partition coefficient (Wildman–Crippen LogP) is 3.30. The number of rotatable bonds is 3. The van der Waals surface area contributed by atoms with Gasteiger partial charge in [0.1, 0.15) is 0 Å². The summed E-state index contributed by atoms with van der Waals surface area (Å²) in [5.41, 5.74) is 0.342. The van der Waals surface area contributed by atoms with Gasteiger partial charge in [-0.15, -0.1) is 0 Å². The van der Waals surface area contributed by atoms with Gasteiger partial charge in [-0.1, -0.05) is 0 Å². The molecular weight excluding hydrogens is 270 g/mol. The highest BCUT2D eigenvalue weighted by Crippen LogP contribution is 2.27. The average Bonchev–Trinajstić information content (AvgIpc) is 2.42. The van der Waals surface area contributed by atoms with Gasteiger partial charge in [-0.3, -0.25) is 14.7 Å². The molecule has 22 heavy (non-hydrogen) atoms. The van der Waals surface area contributed by atoms with Crippen molar-refractivity contribution >= 4 is 0 Å². The van der Waals surface area contributed by atoms with Crippen LogP contribution in [0, 0.1) is 5.92 Å². The Balaban J connectivity index is 1.84. The summed E-state index contributed by atoms with van der Waals surface area (Å²) in [5.74, 6) is 0.897. The molecule has 2 aliphatic rings. The van der Waals surface area contributed by atoms with Gasteiger partial charge in [0.25, 0.3) is 0 Å². The minimum atomic E-state index is 0.342. The first kappa shape index (κ1) is 18.2. The maximum atomic E-state index is 2.79. The number of piperidine rings is 1. The zero-order valence-electron chi connectivity index (χ0n) is 16.1. The molecule has 0 aliphatic carbocycles. The Bertz CT molecular complexity index is 327. The summed E-state index contributed by atoms with van der Waals surface area (Å²) in [6.45, 7) is 22.9. The van der Waals surface area contributed by atoms with Crippen molar-refractivity contribution in [3.8, 4) is 0 Å². The van der Waals surface area contributed by atoms with Gasteiger partial charge < -0.3 is 0 Å². The van der Waals surface area contributed by atoms with E-state index in [2.05, 4.69) is 63.2 Å². The second-order valence-electron chi connectivity index (χ2n) is 9.04. The van der Waals surface area contributed by atoms with Gasteiger partial charge in [-0.2, -0.15) is 0 Å². The van der Waals surface area contributed by atoms with E-state index >= 15 is 0 Å². The molecule has 0 radical (unpaired) electrons. The van der Waals surface area contributed by atoms with E-state index in [1.165, 1.54) is 45.6 Å². The molecule has 130 valence electrons. The standard InChI is InChI=1S/C19H39N3/c1-15(2)20-12-16(3)22(17(4)13-20)14-18-8-10-21(11-9-18)19(5,6)7/h15-18H,8-14H2,1-7H3/t16-,17-/m0/s1. The number of piperazine rings is 1. The van der Waals surface area contributed by atoms with Crippen molar-refractivity contribution in [2.75, 3.05) is 32.7 Å². The zero-order valence-corrected chi connectivity index (χ0v) is 16.1. The molecule has 2 heterocycles. The van der Waals surface area contributed by atoms with Crippen molar-refractivity contribution in [3.05, 3.63) is 0 Å². The van der Waals surface area contributed by atoms with Crippen LogP contribution in [0.15, 0.2) is 0 Å². The van der Waals surface area contributed by atoms with Crippen molar-refractivity contribution in [2.45, 2.75) is 85.0 Å². The molecule has 0 aromatic rings. The highest BCUT2D eigenvalue weighted by atomic mass is 15.3. The average molecular weight is 310 g/mol. The minimum Gasteiger partial charge on any atom is -0.298 e. The van der Waals surface area contributed by atoms with Gasteiger partial charge in [-0.25, -0.2) is 0 Å². The molecule has 0 aromatic carbocycles. The monoisotopic (exact) mass is 309 g/mol. The first-order chi connectivity index (χ1) is 10.2. The molecule has 3 nitrogen and oxygen atoms in total. The summed E-state index contributed by atoms with van der Waals surface area (Å²) in [6, 6.07) is 2.08. The zero-order chi connectivity index (χ0) is 16.5. The lowest BCUT2D eigenvalue weighted by Crippen LogP contribution is -2.59. The van der Waals surface area contributed by atoms with Gasteiger partial charge in [0.15, 0.2) is 0 Å². The Morgan fingerprint density at radius 1 is 0.955 bits per heavy atom. The Morgan fingerprint density at radius 3 is 1.86 bits per heavy atom. The molecule has 3 heteroatoms. The summed E-state index contributed by atoms with van der Waals surface area (Å²) in [7, 11) is 0. The van der Waals surface area contributed by atoms with Crippen molar-refractivity contribution in [1.29, 1.82) is 0 Å². The first-order valence-electron chi connectivity index (χ1n) is 9.43. The summed E-state index contributed by atoms with van der Waals surface area (Å²) < 4.78 is 0. The van der Waals surface area contributed by atoms with Crippen LogP contribution in [-0.4, -0.2) is 71.1 Å². The summed E-state index contributed by atoms with van der Waals surface area (Å²) in [5, 5.41) is 0. The van der Waals surface area contributed by atoms with Crippen LogP contribution in [0.25, 0.3) is 0 Å². The molecule has 2 rings (SSSR count). The van der Waals surface area contributed by atoms with Crippen molar-refractivity contribution in [3.63, 3.8) is 0 Å². The highest BCUT2D eigenvalue weighted by molar-refractivity contribution is 4.89. The third kappa shape index (κ3) is 4.46. The minimum absolute atomic E-state index is 0.342. The van der Waals surface area contributed by atoms with E-state index < -0.39 is 0 Å². The lowest BCUT2D eigenvalue weighted by molar-refractivity contribution is 0.000805. The molecule has 0 bridgehead atoms. The molecule has 2 aliphatic heterocycles. The second kappa shape index (κ2) is 7.19. The van der Waals surface area contributed by atoms with Crippen LogP contribution in [0.2, 0.25) is 0 Å². The van der Waals surface area contributed by atoms with E-state index in [0.717, 1.165) is 5.92 Å².